The maximum atomic E-state index is 5.52. The summed E-state index contributed by atoms with van der Waals surface area (Å²) in [5.41, 5.74) is 3.06. The van der Waals surface area contributed by atoms with E-state index in [0.29, 0.717) is 0 Å². The van der Waals surface area contributed by atoms with Gasteiger partial charge >= 0.3 is 0 Å². The van der Waals surface area contributed by atoms with E-state index in [0.717, 1.165) is 12.5 Å². The lowest BCUT2D eigenvalue weighted by molar-refractivity contribution is -0.0774. The molecular weight excluding hydrogens is 174 g/mol. The number of hydrogen-bond acceptors (Lipinski definition) is 2. The van der Waals surface area contributed by atoms with E-state index >= 15 is 0 Å². The van der Waals surface area contributed by atoms with Crippen LogP contribution < -0.4 is 5.48 Å². The summed E-state index contributed by atoms with van der Waals surface area (Å²) >= 11 is 0. The fraction of sp³-hybridized carbons (Fsp3) is 1.00. The zero-order chi connectivity index (χ0) is 10.4. The number of hydrogen-bond donors (Lipinski definition) is 1. The van der Waals surface area contributed by atoms with Crippen molar-refractivity contribution in [3.63, 3.8) is 0 Å². The summed E-state index contributed by atoms with van der Waals surface area (Å²) < 4.78 is 0. The van der Waals surface area contributed by atoms with Crippen molar-refractivity contribution in [3.05, 3.63) is 0 Å². The topological polar surface area (TPSA) is 21.3 Å². The van der Waals surface area contributed by atoms with E-state index in [4.69, 9.17) is 4.84 Å². The Kier molecular flexibility index (Phi) is 4.90. The molecule has 0 heterocycles. The maximum Gasteiger partial charge on any atom is 0.0812 e. The monoisotopic (exact) mass is 199 g/mol. The molecule has 1 fully saturated rings. The molecule has 0 aliphatic heterocycles. The SMILES string of the molecule is CC(C)(C)ONCC1CCCCCC1. The van der Waals surface area contributed by atoms with Gasteiger partial charge in [-0.05, 0) is 39.5 Å². The zero-order valence-corrected chi connectivity index (χ0v) is 9.94. The molecule has 0 unspecified atom stereocenters. The van der Waals surface area contributed by atoms with Crippen LogP contribution in [0, 0.1) is 5.92 Å². The van der Waals surface area contributed by atoms with E-state index < -0.39 is 0 Å². The van der Waals surface area contributed by atoms with E-state index in [9.17, 15) is 0 Å². The lowest BCUT2D eigenvalue weighted by Gasteiger charge is -2.22. The summed E-state index contributed by atoms with van der Waals surface area (Å²) in [5.74, 6) is 0.833. The molecule has 0 spiro atoms. The lowest BCUT2D eigenvalue weighted by Crippen LogP contribution is -2.32. The lowest BCUT2D eigenvalue weighted by atomic mass is 10.0. The van der Waals surface area contributed by atoms with Gasteiger partial charge in [0.2, 0.25) is 0 Å². The van der Waals surface area contributed by atoms with Crippen molar-refractivity contribution in [2.75, 3.05) is 6.54 Å². The van der Waals surface area contributed by atoms with E-state index in [2.05, 4.69) is 26.3 Å². The highest BCUT2D eigenvalue weighted by molar-refractivity contribution is 4.66. The van der Waals surface area contributed by atoms with Gasteiger partial charge in [0.1, 0.15) is 0 Å². The standard InChI is InChI=1S/C12H25NO/c1-12(2,3)14-13-10-11-8-6-4-5-7-9-11/h11,13H,4-10H2,1-3H3. The Labute approximate surface area is 88.4 Å². The molecule has 1 rings (SSSR count). The molecule has 84 valence electrons. The Morgan fingerprint density at radius 2 is 1.64 bits per heavy atom. The Morgan fingerprint density at radius 3 is 2.14 bits per heavy atom. The molecule has 1 aliphatic rings. The second-order valence-electron chi connectivity index (χ2n) is 5.42. The first-order valence-electron chi connectivity index (χ1n) is 5.99. The number of nitrogens with one attached hydrogen (secondary N) is 1. The van der Waals surface area contributed by atoms with E-state index in [1.807, 2.05) is 0 Å². The van der Waals surface area contributed by atoms with Crippen LogP contribution in [0.1, 0.15) is 59.3 Å². The number of rotatable bonds is 3. The normalized spacial score (nSPS) is 20.8. The van der Waals surface area contributed by atoms with E-state index in [1.165, 1.54) is 38.5 Å². The molecule has 1 saturated carbocycles. The third-order valence-electron chi connectivity index (χ3n) is 2.73. The Morgan fingerprint density at radius 1 is 1.07 bits per heavy atom. The average molecular weight is 199 g/mol. The molecule has 1 aliphatic carbocycles. The summed E-state index contributed by atoms with van der Waals surface area (Å²) in [6.45, 7) is 7.25. The molecule has 0 aromatic rings. The van der Waals surface area contributed by atoms with Crippen molar-refractivity contribution in [1.82, 2.24) is 5.48 Å². The number of hydroxylamine groups is 1. The summed E-state index contributed by atoms with van der Waals surface area (Å²) in [6, 6.07) is 0. The van der Waals surface area contributed by atoms with E-state index in [-0.39, 0.29) is 5.60 Å². The van der Waals surface area contributed by atoms with Gasteiger partial charge < -0.3 is 0 Å². The third kappa shape index (κ3) is 5.61. The second kappa shape index (κ2) is 5.72. The van der Waals surface area contributed by atoms with Gasteiger partial charge in [0.05, 0.1) is 5.60 Å². The van der Waals surface area contributed by atoms with E-state index in [1.54, 1.807) is 0 Å². The summed E-state index contributed by atoms with van der Waals surface area (Å²) in [5, 5.41) is 0. The van der Waals surface area contributed by atoms with Crippen molar-refractivity contribution in [2.45, 2.75) is 64.9 Å². The molecular formula is C12H25NO. The molecule has 0 bridgehead atoms. The quantitative estimate of drug-likeness (QED) is 0.556. The molecule has 0 saturated heterocycles. The zero-order valence-electron chi connectivity index (χ0n) is 9.94. The van der Waals surface area contributed by atoms with Crippen LogP contribution in [-0.4, -0.2) is 12.1 Å². The predicted octanol–water partition coefficient (Wildman–Crippen LogP) is 3.28. The summed E-state index contributed by atoms with van der Waals surface area (Å²) in [6.07, 6.45) is 8.41. The highest BCUT2D eigenvalue weighted by Gasteiger charge is 2.14. The van der Waals surface area contributed by atoms with Crippen LogP contribution in [0.15, 0.2) is 0 Å². The van der Waals surface area contributed by atoms with Gasteiger partial charge in [-0.2, -0.15) is 0 Å². The van der Waals surface area contributed by atoms with Gasteiger partial charge in [-0.3, -0.25) is 4.84 Å². The maximum absolute atomic E-state index is 5.52. The van der Waals surface area contributed by atoms with Gasteiger partial charge in [-0.25, -0.2) is 5.48 Å². The first-order valence-corrected chi connectivity index (χ1v) is 5.99. The van der Waals surface area contributed by atoms with Gasteiger partial charge in [-0.15, -0.1) is 0 Å². The average Bonchev–Trinajstić information content (AvgIpc) is 2.30. The molecule has 0 amide bonds. The minimum atomic E-state index is -0.0648. The van der Waals surface area contributed by atoms with Crippen LogP contribution in [0.5, 0.6) is 0 Å². The van der Waals surface area contributed by atoms with Gasteiger partial charge in [0.15, 0.2) is 0 Å². The Hall–Kier alpha value is -0.0800. The van der Waals surface area contributed by atoms with Crippen LogP contribution in [0.3, 0.4) is 0 Å². The molecule has 14 heavy (non-hydrogen) atoms. The summed E-state index contributed by atoms with van der Waals surface area (Å²) in [4.78, 5) is 5.52. The highest BCUT2D eigenvalue weighted by atomic mass is 16.7. The highest BCUT2D eigenvalue weighted by Crippen LogP contribution is 2.22. The Bertz CT molecular complexity index is 143. The fourth-order valence-electron chi connectivity index (χ4n) is 1.94. The van der Waals surface area contributed by atoms with Gasteiger partial charge in [-0.1, -0.05) is 25.7 Å². The van der Waals surface area contributed by atoms with Crippen molar-refractivity contribution < 1.29 is 4.84 Å². The molecule has 0 aromatic carbocycles. The minimum absolute atomic E-state index is 0.0648. The van der Waals surface area contributed by atoms with Crippen LogP contribution in [0.25, 0.3) is 0 Å². The first-order chi connectivity index (χ1) is 6.58. The van der Waals surface area contributed by atoms with Crippen LogP contribution in [0.2, 0.25) is 0 Å². The van der Waals surface area contributed by atoms with Gasteiger partial charge in [0, 0.05) is 6.54 Å². The van der Waals surface area contributed by atoms with Crippen molar-refractivity contribution in [3.8, 4) is 0 Å². The smallest absolute Gasteiger partial charge is 0.0812 e. The second-order valence-corrected chi connectivity index (χ2v) is 5.42. The summed E-state index contributed by atoms with van der Waals surface area (Å²) in [7, 11) is 0. The van der Waals surface area contributed by atoms with Gasteiger partial charge in [0.25, 0.3) is 0 Å². The van der Waals surface area contributed by atoms with Crippen LogP contribution >= 0.6 is 0 Å². The first kappa shape index (κ1) is 12.0. The third-order valence-corrected chi connectivity index (χ3v) is 2.73. The minimum Gasteiger partial charge on any atom is -0.296 e. The molecule has 0 aromatic heterocycles. The van der Waals surface area contributed by atoms with Crippen LogP contribution in [0.4, 0.5) is 0 Å². The van der Waals surface area contributed by atoms with Crippen molar-refractivity contribution in [2.24, 2.45) is 5.92 Å². The van der Waals surface area contributed by atoms with Crippen molar-refractivity contribution in [1.29, 1.82) is 0 Å². The fourth-order valence-corrected chi connectivity index (χ4v) is 1.94. The molecule has 0 radical (unpaired) electrons. The Balaban J connectivity index is 2.10. The van der Waals surface area contributed by atoms with Crippen molar-refractivity contribution >= 4 is 0 Å². The predicted molar refractivity (Wildman–Crippen MR) is 60.0 cm³/mol. The molecule has 0 atom stereocenters. The molecule has 2 heteroatoms. The van der Waals surface area contributed by atoms with Crippen LogP contribution in [-0.2, 0) is 4.84 Å². The molecule has 2 nitrogen and oxygen atoms in total. The molecule has 1 N–H and O–H groups in total. The largest absolute Gasteiger partial charge is 0.296 e.